The molecular weight excluding hydrogens is 471 g/mol. The van der Waals surface area contributed by atoms with Crippen LogP contribution in [0, 0.1) is 6.92 Å². The fourth-order valence-corrected chi connectivity index (χ4v) is 6.08. The molecule has 1 aliphatic carbocycles. The molecule has 4 rings (SSSR count). The Balaban J connectivity index is 1.60. The van der Waals surface area contributed by atoms with Gasteiger partial charge in [0.05, 0.1) is 0 Å². The van der Waals surface area contributed by atoms with Crippen LogP contribution in [0.25, 0.3) is 11.6 Å². The SMILES string of the molecule is CCOC(=O)/C=C/c1cccc([Se]c2ccc3c(c2)C(C)(C)CC=C3c2ccc(C)cc2)c1. The number of benzene rings is 3. The number of rotatable bonds is 6. The van der Waals surface area contributed by atoms with E-state index in [0.717, 1.165) is 12.0 Å². The minimum atomic E-state index is -0.303. The van der Waals surface area contributed by atoms with Gasteiger partial charge >= 0.3 is 204 Å². The number of carbonyl (C=O) groups is 1. The van der Waals surface area contributed by atoms with Crippen LogP contribution in [0.3, 0.4) is 0 Å². The molecule has 0 saturated heterocycles. The summed E-state index contributed by atoms with van der Waals surface area (Å²) in [4.78, 5) is 11.6. The normalized spacial score (nSPS) is 14.6. The fourth-order valence-electron chi connectivity index (χ4n) is 4.14. The van der Waals surface area contributed by atoms with Crippen molar-refractivity contribution in [3.05, 3.63) is 107 Å². The van der Waals surface area contributed by atoms with Gasteiger partial charge in [0, 0.05) is 0 Å². The number of fused-ring (bicyclic) bond motifs is 1. The van der Waals surface area contributed by atoms with Gasteiger partial charge in [-0.2, -0.15) is 0 Å². The molecule has 2 nitrogen and oxygen atoms in total. The second-order valence-corrected chi connectivity index (χ2v) is 11.4. The number of esters is 1. The topological polar surface area (TPSA) is 26.3 Å². The molecule has 0 aliphatic heterocycles. The Bertz CT molecular complexity index is 1220. The number of aryl methyl sites for hydroxylation is 1. The summed E-state index contributed by atoms with van der Waals surface area (Å²) in [6.45, 7) is 9.01. The molecule has 3 heteroatoms. The summed E-state index contributed by atoms with van der Waals surface area (Å²) in [7, 11) is 0. The number of ether oxygens (including phenoxy) is 1. The van der Waals surface area contributed by atoms with E-state index in [1.807, 2.05) is 19.1 Å². The first kappa shape index (κ1) is 23.3. The summed E-state index contributed by atoms with van der Waals surface area (Å²) >= 11 is 0.185. The first-order valence-corrected chi connectivity index (χ1v) is 13.1. The molecule has 0 amide bonds. The molecule has 0 atom stereocenters. The molecule has 0 saturated carbocycles. The van der Waals surface area contributed by atoms with E-state index in [4.69, 9.17) is 4.74 Å². The first-order valence-electron chi connectivity index (χ1n) is 11.4. The Morgan fingerprint density at radius 2 is 1.79 bits per heavy atom. The molecule has 0 N–H and O–H groups in total. The molecule has 0 spiro atoms. The summed E-state index contributed by atoms with van der Waals surface area (Å²) in [5.41, 5.74) is 7.82. The Labute approximate surface area is 203 Å². The second kappa shape index (κ2) is 9.95. The van der Waals surface area contributed by atoms with Gasteiger partial charge in [-0.15, -0.1) is 0 Å². The van der Waals surface area contributed by atoms with Gasteiger partial charge in [-0.3, -0.25) is 0 Å². The van der Waals surface area contributed by atoms with Crippen LogP contribution in [-0.4, -0.2) is 27.5 Å². The minimum absolute atomic E-state index is 0.111. The molecular formula is C30H30O2Se. The molecule has 33 heavy (non-hydrogen) atoms. The monoisotopic (exact) mass is 502 g/mol. The zero-order valence-electron chi connectivity index (χ0n) is 19.7. The van der Waals surface area contributed by atoms with Crippen molar-refractivity contribution in [2.75, 3.05) is 6.61 Å². The van der Waals surface area contributed by atoms with Crippen LogP contribution >= 0.6 is 0 Å². The van der Waals surface area contributed by atoms with E-state index in [1.165, 1.54) is 42.8 Å². The second-order valence-electron chi connectivity index (χ2n) is 9.04. The average molecular weight is 502 g/mol. The summed E-state index contributed by atoms with van der Waals surface area (Å²) in [6, 6.07) is 24.3. The van der Waals surface area contributed by atoms with Crippen LogP contribution < -0.4 is 8.92 Å². The Morgan fingerprint density at radius 1 is 1.03 bits per heavy atom. The van der Waals surface area contributed by atoms with Crippen molar-refractivity contribution < 1.29 is 9.53 Å². The molecule has 0 aromatic heterocycles. The van der Waals surface area contributed by atoms with E-state index >= 15 is 0 Å². The number of hydrogen-bond acceptors (Lipinski definition) is 2. The van der Waals surface area contributed by atoms with Crippen LogP contribution in [0.5, 0.6) is 0 Å². The third kappa shape index (κ3) is 5.55. The molecule has 3 aromatic carbocycles. The van der Waals surface area contributed by atoms with Crippen molar-refractivity contribution in [3.8, 4) is 0 Å². The van der Waals surface area contributed by atoms with Crippen molar-refractivity contribution in [3.63, 3.8) is 0 Å². The molecule has 0 heterocycles. The Morgan fingerprint density at radius 3 is 2.55 bits per heavy atom. The molecule has 0 fully saturated rings. The Kier molecular flexibility index (Phi) is 7.02. The predicted molar refractivity (Wildman–Crippen MR) is 139 cm³/mol. The maximum atomic E-state index is 11.6. The number of allylic oxidation sites excluding steroid dienone is 1. The van der Waals surface area contributed by atoms with Crippen molar-refractivity contribution in [2.45, 2.75) is 39.5 Å². The van der Waals surface area contributed by atoms with Gasteiger partial charge < -0.3 is 0 Å². The van der Waals surface area contributed by atoms with Crippen LogP contribution in [0.15, 0.2) is 78.9 Å². The van der Waals surface area contributed by atoms with E-state index in [0.29, 0.717) is 6.61 Å². The molecule has 1 aliphatic rings. The van der Waals surface area contributed by atoms with Gasteiger partial charge in [-0.25, -0.2) is 0 Å². The zero-order valence-corrected chi connectivity index (χ0v) is 21.4. The van der Waals surface area contributed by atoms with Crippen LogP contribution in [0.2, 0.25) is 0 Å². The standard InChI is InChI=1S/C30H30O2Se/c1-5-32-29(31)16-11-22-7-6-8-24(19-22)33-25-14-15-27-26(23-12-9-21(2)10-13-23)17-18-30(3,4)28(27)20-25/h6-17,19-20H,5,18H2,1-4H3/b16-11+. The third-order valence-electron chi connectivity index (χ3n) is 5.98. The van der Waals surface area contributed by atoms with Gasteiger partial charge in [0.25, 0.3) is 0 Å². The van der Waals surface area contributed by atoms with E-state index < -0.39 is 0 Å². The molecule has 0 bridgehead atoms. The fraction of sp³-hybridized carbons (Fsp3) is 0.233. The van der Waals surface area contributed by atoms with E-state index in [9.17, 15) is 4.79 Å². The first-order chi connectivity index (χ1) is 15.9. The van der Waals surface area contributed by atoms with Gasteiger partial charge in [0.2, 0.25) is 0 Å². The van der Waals surface area contributed by atoms with Crippen LogP contribution in [0.4, 0.5) is 0 Å². The quantitative estimate of drug-likeness (QED) is 0.259. The molecule has 168 valence electrons. The van der Waals surface area contributed by atoms with Gasteiger partial charge in [-0.05, 0) is 0 Å². The number of carbonyl (C=O) groups excluding carboxylic acids is 1. The van der Waals surface area contributed by atoms with Gasteiger partial charge in [-0.1, -0.05) is 0 Å². The summed E-state index contributed by atoms with van der Waals surface area (Å²) in [5.74, 6) is -0.303. The third-order valence-corrected chi connectivity index (χ3v) is 8.04. The van der Waals surface area contributed by atoms with Crippen molar-refractivity contribution in [1.82, 2.24) is 0 Å². The number of hydrogen-bond donors (Lipinski definition) is 0. The molecule has 0 unspecified atom stereocenters. The summed E-state index contributed by atoms with van der Waals surface area (Å²) < 4.78 is 7.64. The zero-order chi connectivity index (χ0) is 23.4. The van der Waals surface area contributed by atoms with Gasteiger partial charge in [0.1, 0.15) is 0 Å². The van der Waals surface area contributed by atoms with Crippen molar-refractivity contribution in [1.29, 1.82) is 0 Å². The van der Waals surface area contributed by atoms with E-state index in [2.05, 4.69) is 87.5 Å². The van der Waals surface area contributed by atoms with E-state index in [1.54, 1.807) is 0 Å². The molecule has 3 aromatic rings. The molecule has 0 radical (unpaired) electrons. The van der Waals surface area contributed by atoms with Crippen molar-refractivity contribution >= 4 is 41.5 Å². The van der Waals surface area contributed by atoms with Crippen LogP contribution in [-0.2, 0) is 14.9 Å². The van der Waals surface area contributed by atoms with Gasteiger partial charge in [0.15, 0.2) is 0 Å². The van der Waals surface area contributed by atoms with Crippen LogP contribution in [0.1, 0.15) is 55.0 Å². The summed E-state index contributed by atoms with van der Waals surface area (Å²) in [5, 5.41) is 0. The maximum absolute atomic E-state index is 11.6. The average Bonchev–Trinajstić information content (AvgIpc) is 2.79. The van der Waals surface area contributed by atoms with Crippen molar-refractivity contribution in [2.24, 2.45) is 0 Å². The predicted octanol–water partition coefficient (Wildman–Crippen LogP) is 5.34. The van der Waals surface area contributed by atoms with E-state index in [-0.39, 0.29) is 26.3 Å². The Hall–Kier alpha value is -2.87. The summed E-state index contributed by atoms with van der Waals surface area (Å²) in [6.07, 6.45) is 6.76.